The molecule has 0 aliphatic carbocycles. The number of hydrogen-bond donors (Lipinski definition) is 2. The molecule has 22 heavy (non-hydrogen) atoms. The van der Waals surface area contributed by atoms with Crippen molar-refractivity contribution in [1.82, 2.24) is 0 Å². The fraction of sp³-hybridized carbons (Fsp3) is 0.235. The number of benzene rings is 2. The second-order valence-corrected chi connectivity index (χ2v) is 5.42. The van der Waals surface area contributed by atoms with Gasteiger partial charge >= 0.3 is 0 Å². The van der Waals surface area contributed by atoms with E-state index in [9.17, 15) is 4.79 Å². The van der Waals surface area contributed by atoms with Gasteiger partial charge in [0.2, 0.25) is 5.91 Å². The Labute approximate surface area is 128 Å². The third-order valence-corrected chi connectivity index (χ3v) is 3.73. The predicted molar refractivity (Wildman–Crippen MR) is 84.9 cm³/mol. The van der Waals surface area contributed by atoms with Crippen molar-refractivity contribution in [2.45, 2.75) is 6.42 Å². The van der Waals surface area contributed by atoms with E-state index in [0.29, 0.717) is 30.2 Å². The van der Waals surface area contributed by atoms with Gasteiger partial charge in [-0.25, -0.2) is 0 Å². The lowest BCUT2D eigenvalue weighted by Gasteiger charge is -2.17. The van der Waals surface area contributed by atoms with Gasteiger partial charge in [0.25, 0.3) is 0 Å². The van der Waals surface area contributed by atoms with Crippen LogP contribution in [0.2, 0.25) is 0 Å². The Morgan fingerprint density at radius 1 is 1.09 bits per heavy atom. The van der Waals surface area contributed by atoms with E-state index in [0.717, 1.165) is 5.69 Å². The number of aliphatic hydroxyl groups is 1. The zero-order valence-electron chi connectivity index (χ0n) is 12.1. The summed E-state index contributed by atoms with van der Waals surface area (Å²) in [5.74, 6) is 1.47. The number of amides is 1. The van der Waals surface area contributed by atoms with E-state index < -0.39 is 0 Å². The SMILES string of the molecule is Nc1ccc(Oc2ccc(N3CC(CO)CC3=O)cc2)cc1. The molecule has 5 heteroatoms. The molecule has 2 aromatic carbocycles. The van der Waals surface area contributed by atoms with Gasteiger partial charge in [0.1, 0.15) is 11.5 Å². The Morgan fingerprint density at radius 3 is 2.23 bits per heavy atom. The summed E-state index contributed by atoms with van der Waals surface area (Å²) >= 11 is 0. The summed E-state index contributed by atoms with van der Waals surface area (Å²) in [4.78, 5) is 13.6. The highest BCUT2D eigenvalue weighted by atomic mass is 16.5. The van der Waals surface area contributed by atoms with Crippen molar-refractivity contribution in [3.05, 3.63) is 48.5 Å². The van der Waals surface area contributed by atoms with Crippen LogP contribution in [0.25, 0.3) is 0 Å². The maximum Gasteiger partial charge on any atom is 0.227 e. The summed E-state index contributed by atoms with van der Waals surface area (Å²) in [7, 11) is 0. The number of ether oxygens (including phenoxy) is 1. The lowest BCUT2D eigenvalue weighted by molar-refractivity contribution is -0.117. The number of carbonyl (C=O) groups excluding carboxylic acids is 1. The van der Waals surface area contributed by atoms with E-state index in [4.69, 9.17) is 15.6 Å². The van der Waals surface area contributed by atoms with Crippen molar-refractivity contribution in [3.8, 4) is 11.5 Å². The van der Waals surface area contributed by atoms with E-state index in [-0.39, 0.29) is 18.4 Å². The Morgan fingerprint density at radius 2 is 1.68 bits per heavy atom. The standard InChI is InChI=1S/C17H18N2O3/c18-13-1-5-15(6-2-13)22-16-7-3-14(4-8-16)19-10-12(11-20)9-17(19)21/h1-8,12,20H,9-11,18H2. The molecule has 1 saturated heterocycles. The first-order valence-corrected chi connectivity index (χ1v) is 7.20. The van der Waals surface area contributed by atoms with Crippen LogP contribution in [-0.2, 0) is 4.79 Å². The molecule has 0 bridgehead atoms. The molecule has 1 unspecified atom stereocenters. The van der Waals surface area contributed by atoms with E-state index in [1.165, 1.54) is 0 Å². The molecule has 1 heterocycles. The van der Waals surface area contributed by atoms with Crippen LogP contribution in [0, 0.1) is 5.92 Å². The quantitative estimate of drug-likeness (QED) is 0.850. The molecular weight excluding hydrogens is 280 g/mol. The number of nitrogens with two attached hydrogens (primary N) is 1. The molecule has 3 rings (SSSR count). The lowest BCUT2D eigenvalue weighted by atomic mass is 10.1. The van der Waals surface area contributed by atoms with Crippen LogP contribution >= 0.6 is 0 Å². The summed E-state index contributed by atoms with van der Waals surface area (Å²) < 4.78 is 5.72. The fourth-order valence-corrected chi connectivity index (χ4v) is 2.52. The van der Waals surface area contributed by atoms with Crippen LogP contribution in [0.1, 0.15) is 6.42 Å². The van der Waals surface area contributed by atoms with E-state index in [1.54, 1.807) is 29.2 Å². The highest BCUT2D eigenvalue weighted by molar-refractivity contribution is 5.95. The third-order valence-electron chi connectivity index (χ3n) is 3.73. The number of hydrogen-bond acceptors (Lipinski definition) is 4. The largest absolute Gasteiger partial charge is 0.457 e. The molecule has 2 aromatic rings. The molecule has 0 aromatic heterocycles. The molecular formula is C17H18N2O3. The zero-order valence-corrected chi connectivity index (χ0v) is 12.1. The third kappa shape index (κ3) is 3.04. The first kappa shape index (κ1) is 14.4. The van der Waals surface area contributed by atoms with Gasteiger partial charge in [0, 0.05) is 36.9 Å². The number of carbonyl (C=O) groups is 1. The number of aliphatic hydroxyl groups excluding tert-OH is 1. The summed E-state index contributed by atoms with van der Waals surface area (Å²) in [6.45, 7) is 0.605. The maximum atomic E-state index is 11.9. The van der Waals surface area contributed by atoms with Gasteiger partial charge in [0.15, 0.2) is 0 Å². The van der Waals surface area contributed by atoms with Crippen LogP contribution in [-0.4, -0.2) is 24.2 Å². The number of nitrogen functional groups attached to an aromatic ring is 1. The minimum atomic E-state index is 0.0261. The molecule has 1 atom stereocenters. The van der Waals surface area contributed by atoms with E-state index >= 15 is 0 Å². The molecule has 0 radical (unpaired) electrons. The van der Waals surface area contributed by atoms with E-state index in [1.807, 2.05) is 24.3 Å². The highest BCUT2D eigenvalue weighted by Gasteiger charge is 2.29. The first-order valence-electron chi connectivity index (χ1n) is 7.20. The summed E-state index contributed by atoms with van der Waals surface area (Å²) in [6.07, 6.45) is 0.403. The molecule has 1 fully saturated rings. The number of anilines is 2. The van der Waals surface area contributed by atoms with Crippen molar-refractivity contribution in [1.29, 1.82) is 0 Å². The molecule has 1 aliphatic rings. The average molecular weight is 298 g/mol. The Balaban J connectivity index is 1.70. The second kappa shape index (κ2) is 6.07. The normalized spacial score (nSPS) is 17.8. The van der Waals surface area contributed by atoms with Gasteiger partial charge < -0.3 is 20.5 Å². The molecule has 1 amide bonds. The number of rotatable bonds is 4. The van der Waals surface area contributed by atoms with Crippen molar-refractivity contribution in [2.75, 3.05) is 23.8 Å². The molecule has 0 saturated carbocycles. The van der Waals surface area contributed by atoms with Gasteiger partial charge in [-0.3, -0.25) is 4.79 Å². The summed E-state index contributed by atoms with van der Waals surface area (Å²) in [5.41, 5.74) is 7.15. The minimum Gasteiger partial charge on any atom is -0.457 e. The predicted octanol–water partition coefficient (Wildman–Crippen LogP) is 2.41. The van der Waals surface area contributed by atoms with Crippen LogP contribution in [0.5, 0.6) is 11.5 Å². The molecule has 114 valence electrons. The van der Waals surface area contributed by atoms with Gasteiger partial charge in [0.05, 0.1) is 0 Å². The summed E-state index contributed by atoms with van der Waals surface area (Å²) in [6, 6.07) is 14.5. The van der Waals surface area contributed by atoms with Gasteiger partial charge in [-0.05, 0) is 48.5 Å². The zero-order chi connectivity index (χ0) is 15.5. The maximum absolute atomic E-state index is 11.9. The Bertz CT molecular complexity index is 653. The molecule has 1 aliphatic heterocycles. The summed E-state index contributed by atoms with van der Waals surface area (Å²) in [5, 5.41) is 9.17. The van der Waals surface area contributed by atoms with Gasteiger partial charge in [-0.2, -0.15) is 0 Å². The van der Waals surface area contributed by atoms with Gasteiger partial charge in [-0.15, -0.1) is 0 Å². The highest BCUT2D eigenvalue weighted by Crippen LogP contribution is 2.28. The van der Waals surface area contributed by atoms with Crippen LogP contribution in [0.3, 0.4) is 0 Å². The number of nitrogens with zero attached hydrogens (tertiary/aromatic N) is 1. The lowest BCUT2D eigenvalue weighted by Crippen LogP contribution is -2.24. The monoisotopic (exact) mass is 298 g/mol. The average Bonchev–Trinajstić information content (AvgIpc) is 2.91. The Kier molecular flexibility index (Phi) is 3.98. The Hall–Kier alpha value is -2.53. The van der Waals surface area contributed by atoms with Crippen LogP contribution in [0.15, 0.2) is 48.5 Å². The van der Waals surface area contributed by atoms with Gasteiger partial charge in [-0.1, -0.05) is 0 Å². The van der Waals surface area contributed by atoms with Crippen molar-refractivity contribution in [2.24, 2.45) is 5.92 Å². The minimum absolute atomic E-state index is 0.0261. The molecule has 0 spiro atoms. The van der Waals surface area contributed by atoms with Crippen molar-refractivity contribution in [3.63, 3.8) is 0 Å². The first-order chi connectivity index (χ1) is 10.7. The molecule has 5 nitrogen and oxygen atoms in total. The topological polar surface area (TPSA) is 75.8 Å². The smallest absolute Gasteiger partial charge is 0.227 e. The van der Waals surface area contributed by atoms with Crippen molar-refractivity contribution < 1.29 is 14.6 Å². The van der Waals surface area contributed by atoms with E-state index in [2.05, 4.69) is 0 Å². The second-order valence-electron chi connectivity index (χ2n) is 5.42. The fourth-order valence-electron chi connectivity index (χ4n) is 2.52. The van der Waals surface area contributed by atoms with Crippen molar-refractivity contribution >= 4 is 17.3 Å². The van der Waals surface area contributed by atoms with Crippen LogP contribution < -0.4 is 15.4 Å². The molecule has 3 N–H and O–H groups in total. The van der Waals surface area contributed by atoms with Crippen LogP contribution in [0.4, 0.5) is 11.4 Å².